The van der Waals surface area contributed by atoms with Gasteiger partial charge in [0.25, 0.3) is 0 Å². The van der Waals surface area contributed by atoms with Crippen LogP contribution in [0.5, 0.6) is 0 Å². The van der Waals surface area contributed by atoms with E-state index in [-0.39, 0.29) is 10.3 Å². The molecule has 0 radical (unpaired) electrons. The molecule has 1 saturated heterocycles. The van der Waals surface area contributed by atoms with Gasteiger partial charge in [-0.3, -0.25) is 0 Å². The highest BCUT2D eigenvalue weighted by Crippen LogP contribution is 2.31. The SMILES string of the molecule is CNCC1CCN(c2ccc(C#N)c(Br)c2F)CC1. The summed E-state index contributed by atoms with van der Waals surface area (Å²) in [5.41, 5.74) is 0.931. The van der Waals surface area contributed by atoms with Crippen molar-refractivity contribution < 1.29 is 4.39 Å². The number of anilines is 1. The van der Waals surface area contributed by atoms with E-state index in [1.54, 1.807) is 12.1 Å². The van der Waals surface area contributed by atoms with Crippen LogP contribution in [0.15, 0.2) is 16.6 Å². The third-order valence-electron chi connectivity index (χ3n) is 3.63. The molecule has 1 fully saturated rings. The molecule has 0 spiro atoms. The maximum Gasteiger partial charge on any atom is 0.161 e. The van der Waals surface area contributed by atoms with Gasteiger partial charge in [0.1, 0.15) is 6.07 Å². The fourth-order valence-electron chi connectivity index (χ4n) is 2.54. The average Bonchev–Trinajstić information content (AvgIpc) is 2.43. The van der Waals surface area contributed by atoms with E-state index in [9.17, 15) is 4.39 Å². The van der Waals surface area contributed by atoms with Gasteiger partial charge in [0.15, 0.2) is 5.82 Å². The number of halogens is 2. The molecule has 2 rings (SSSR count). The molecule has 1 N–H and O–H groups in total. The smallest absolute Gasteiger partial charge is 0.161 e. The quantitative estimate of drug-likeness (QED) is 0.928. The van der Waals surface area contributed by atoms with E-state index in [4.69, 9.17) is 5.26 Å². The van der Waals surface area contributed by atoms with E-state index < -0.39 is 0 Å². The Kier molecular flexibility index (Phi) is 4.78. The Labute approximate surface area is 121 Å². The van der Waals surface area contributed by atoms with E-state index in [0.29, 0.717) is 17.2 Å². The normalized spacial score (nSPS) is 16.4. The molecule has 3 nitrogen and oxygen atoms in total. The minimum absolute atomic E-state index is 0.268. The fraction of sp³-hybridized carbons (Fsp3) is 0.500. The van der Waals surface area contributed by atoms with Gasteiger partial charge in [-0.1, -0.05) is 0 Å². The predicted molar refractivity (Wildman–Crippen MR) is 77.7 cm³/mol. The third kappa shape index (κ3) is 3.07. The van der Waals surface area contributed by atoms with Crippen molar-refractivity contribution in [3.63, 3.8) is 0 Å². The number of benzene rings is 1. The molecule has 5 heteroatoms. The Bertz CT molecular complexity index is 490. The van der Waals surface area contributed by atoms with Crippen molar-refractivity contribution in [2.75, 3.05) is 31.6 Å². The molecule has 19 heavy (non-hydrogen) atoms. The second-order valence-corrected chi connectivity index (χ2v) is 5.65. The predicted octanol–water partition coefficient (Wildman–Crippen LogP) is 2.90. The van der Waals surface area contributed by atoms with Crippen LogP contribution in [0, 0.1) is 23.1 Å². The van der Waals surface area contributed by atoms with Crippen LogP contribution >= 0.6 is 15.9 Å². The summed E-state index contributed by atoms with van der Waals surface area (Å²) < 4.78 is 14.5. The van der Waals surface area contributed by atoms with Crippen LogP contribution in [-0.4, -0.2) is 26.7 Å². The molecule has 1 aromatic carbocycles. The first-order valence-electron chi connectivity index (χ1n) is 6.45. The Morgan fingerprint density at radius 3 is 2.74 bits per heavy atom. The number of hydrogen-bond acceptors (Lipinski definition) is 3. The lowest BCUT2D eigenvalue weighted by Gasteiger charge is -2.34. The summed E-state index contributed by atoms with van der Waals surface area (Å²) in [5.74, 6) is 0.345. The second-order valence-electron chi connectivity index (χ2n) is 4.86. The Morgan fingerprint density at radius 2 is 2.16 bits per heavy atom. The first-order valence-corrected chi connectivity index (χ1v) is 7.24. The number of piperidine rings is 1. The Morgan fingerprint density at radius 1 is 1.47 bits per heavy atom. The zero-order valence-corrected chi connectivity index (χ0v) is 12.5. The van der Waals surface area contributed by atoms with Gasteiger partial charge in [-0.2, -0.15) is 5.26 Å². The van der Waals surface area contributed by atoms with Gasteiger partial charge in [-0.15, -0.1) is 0 Å². The lowest BCUT2D eigenvalue weighted by molar-refractivity contribution is 0.391. The lowest BCUT2D eigenvalue weighted by Crippen LogP contribution is -2.37. The summed E-state index contributed by atoms with van der Waals surface area (Å²) in [5, 5.41) is 12.1. The average molecular weight is 326 g/mol. The van der Waals surface area contributed by atoms with Crippen molar-refractivity contribution >= 4 is 21.6 Å². The Hall–Kier alpha value is -1.12. The van der Waals surface area contributed by atoms with E-state index in [1.165, 1.54) is 0 Å². The fourth-order valence-corrected chi connectivity index (χ4v) is 2.96. The first kappa shape index (κ1) is 14.3. The van der Waals surface area contributed by atoms with Gasteiger partial charge in [0.2, 0.25) is 0 Å². The largest absolute Gasteiger partial charge is 0.369 e. The van der Waals surface area contributed by atoms with Crippen molar-refractivity contribution in [2.24, 2.45) is 5.92 Å². The highest BCUT2D eigenvalue weighted by Gasteiger charge is 2.22. The minimum Gasteiger partial charge on any atom is -0.369 e. The van der Waals surface area contributed by atoms with Gasteiger partial charge in [-0.05, 0) is 60.4 Å². The molecule has 1 heterocycles. The summed E-state index contributed by atoms with van der Waals surface area (Å²) in [6.07, 6.45) is 2.13. The molecule has 0 aliphatic carbocycles. The number of rotatable bonds is 3. The number of nitrogens with zero attached hydrogens (tertiary/aromatic N) is 2. The molecule has 0 aromatic heterocycles. The topological polar surface area (TPSA) is 39.1 Å². The minimum atomic E-state index is -0.328. The lowest BCUT2D eigenvalue weighted by atomic mass is 9.96. The summed E-state index contributed by atoms with van der Waals surface area (Å²) in [7, 11) is 1.96. The summed E-state index contributed by atoms with van der Waals surface area (Å²) >= 11 is 3.16. The molecule has 0 bridgehead atoms. The van der Waals surface area contributed by atoms with Crippen molar-refractivity contribution in [1.29, 1.82) is 5.26 Å². The van der Waals surface area contributed by atoms with E-state index >= 15 is 0 Å². The van der Waals surface area contributed by atoms with E-state index in [2.05, 4.69) is 26.1 Å². The van der Waals surface area contributed by atoms with Crippen LogP contribution in [0.4, 0.5) is 10.1 Å². The first-order chi connectivity index (χ1) is 9.17. The van der Waals surface area contributed by atoms with Crippen LogP contribution in [0.2, 0.25) is 0 Å². The molecule has 102 valence electrons. The highest BCUT2D eigenvalue weighted by molar-refractivity contribution is 9.10. The molecule has 0 unspecified atom stereocenters. The number of nitrogens with one attached hydrogen (secondary N) is 1. The number of hydrogen-bond donors (Lipinski definition) is 1. The van der Waals surface area contributed by atoms with Gasteiger partial charge < -0.3 is 10.2 Å². The molecule has 0 saturated carbocycles. The van der Waals surface area contributed by atoms with Crippen molar-refractivity contribution in [1.82, 2.24) is 5.32 Å². The molecule has 1 aliphatic rings. The molecule has 0 amide bonds. The maximum absolute atomic E-state index is 14.2. The molecule has 1 aliphatic heterocycles. The van der Waals surface area contributed by atoms with Crippen LogP contribution in [0.25, 0.3) is 0 Å². The Balaban J connectivity index is 2.12. The van der Waals surface area contributed by atoms with Gasteiger partial charge in [0, 0.05) is 13.1 Å². The van der Waals surface area contributed by atoms with Crippen LogP contribution in [0.3, 0.4) is 0 Å². The monoisotopic (exact) mass is 325 g/mol. The highest BCUT2D eigenvalue weighted by atomic mass is 79.9. The van der Waals surface area contributed by atoms with Crippen LogP contribution in [-0.2, 0) is 0 Å². The molecular formula is C14H17BrFN3. The third-order valence-corrected chi connectivity index (χ3v) is 4.41. The molecule has 1 aromatic rings. The van der Waals surface area contributed by atoms with Crippen molar-refractivity contribution in [3.8, 4) is 6.07 Å². The standard InChI is InChI=1S/C14H17BrFN3/c1-18-9-10-4-6-19(7-5-10)12-3-2-11(8-17)13(15)14(12)16/h2-3,10,18H,4-7,9H2,1H3. The molecular weight excluding hydrogens is 309 g/mol. The van der Waals surface area contributed by atoms with Crippen molar-refractivity contribution in [2.45, 2.75) is 12.8 Å². The van der Waals surface area contributed by atoms with Crippen molar-refractivity contribution in [3.05, 3.63) is 28.0 Å². The van der Waals surface area contributed by atoms with Crippen LogP contribution < -0.4 is 10.2 Å². The van der Waals surface area contributed by atoms with Gasteiger partial charge in [0.05, 0.1) is 15.7 Å². The van der Waals surface area contributed by atoms with E-state index in [0.717, 1.165) is 32.5 Å². The summed E-state index contributed by atoms with van der Waals surface area (Å²) in [6, 6.07) is 5.35. The zero-order chi connectivity index (χ0) is 13.8. The summed E-state index contributed by atoms with van der Waals surface area (Å²) in [4.78, 5) is 2.06. The second kappa shape index (κ2) is 6.36. The molecule has 0 atom stereocenters. The maximum atomic E-state index is 14.2. The van der Waals surface area contributed by atoms with Crippen LogP contribution in [0.1, 0.15) is 18.4 Å². The summed E-state index contributed by atoms with van der Waals surface area (Å²) in [6.45, 7) is 2.75. The van der Waals surface area contributed by atoms with E-state index in [1.807, 2.05) is 13.1 Å². The van der Waals surface area contributed by atoms with Gasteiger partial charge >= 0.3 is 0 Å². The van der Waals surface area contributed by atoms with Gasteiger partial charge in [-0.25, -0.2) is 4.39 Å². The number of nitriles is 1. The zero-order valence-electron chi connectivity index (χ0n) is 10.9.